The van der Waals surface area contributed by atoms with Crippen LogP contribution in [0.3, 0.4) is 0 Å². The fourth-order valence-corrected chi connectivity index (χ4v) is 8.23. The van der Waals surface area contributed by atoms with Crippen molar-refractivity contribution in [1.29, 1.82) is 0 Å². The number of amides is 8. The van der Waals surface area contributed by atoms with Crippen molar-refractivity contribution in [3.05, 3.63) is 108 Å². The number of phenols is 2. The van der Waals surface area contributed by atoms with Crippen molar-refractivity contribution >= 4 is 83.3 Å². The van der Waals surface area contributed by atoms with E-state index < -0.39 is 108 Å². The quantitative estimate of drug-likeness (QED) is 0.0212. The molecule has 75 heavy (non-hydrogen) atoms. The third-order valence-electron chi connectivity index (χ3n) is 12.0. The molecule has 0 fully saturated rings. The summed E-state index contributed by atoms with van der Waals surface area (Å²) in [4.78, 5) is 109. The second kappa shape index (κ2) is 29.8. The lowest BCUT2D eigenvalue weighted by molar-refractivity contribution is -0.137. The van der Waals surface area contributed by atoms with Gasteiger partial charge in [-0.3, -0.25) is 38.4 Å². The largest absolute Gasteiger partial charge is 0.508 e. The Morgan fingerprint density at radius 2 is 0.907 bits per heavy atom. The minimum atomic E-state index is -1.73. The van der Waals surface area contributed by atoms with Gasteiger partial charge in [0.05, 0.1) is 18.2 Å². The monoisotopic (exact) mass is 1080 g/mol. The van der Waals surface area contributed by atoms with Crippen molar-refractivity contribution in [3.63, 3.8) is 0 Å². The fraction of sp³-hybridized carbons (Fsp3) is 0.412. The van der Waals surface area contributed by atoms with Crippen LogP contribution >= 0.6 is 25.3 Å². The van der Waals surface area contributed by atoms with Crippen LogP contribution in [0.25, 0.3) is 10.8 Å². The van der Waals surface area contributed by atoms with Gasteiger partial charge in [0.15, 0.2) is 0 Å². The average molecular weight is 1080 g/mol. The number of fused-ring (bicyclic) bond motifs is 1. The van der Waals surface area contributed by atoms with Gasteiger partial charge in [-0.25, -0.2) is 0 Å². The third-order valence-corrected chi connectivity index (χ3v) is 12.7. The summed E-state index contributed by atoms with van der Waals surface area (Å²) in [5.74, 6) is -8.02. The molecule has 17 N–H and O–H groups in total. The highest BCUT2D eigenvalue weighted by atomic mass is 32.1. The Morgan fingerprint density at radius 1 is 0.493 bits per heavy atom. The molecule has 0 aliphatic rings. The highest BCUT2D eigenvalue weighted by Gasteiger charge is 2.36. The van der Waals surface area contributed by atoms with Crippen LogP contribution in [-0.4, -0.2) is 146 Å². The zero-order valence-electron chi connectivity index (χ0n) is 41.5. The number of aliphatic hydroxyl groups excluding tert-OH is 2. The minimum absolute atomic E-state index is 0.0550. The minimum Gasteiger partial charge on any atom is -0.508 e. The molecule has 4 aromatic rings. The maximum absolute atomic E-state index is 14.5. The summed E-state index contributed by atoms with van der Waals surface area (Å²) < 4.78 is 0. The first kappa shape index (κ1) is 60.6. The van der Waals surface area contributed by atoms with Crippen LogP contribution in [0, 0.1) is 0 Å². The molecule has 0 heterocycles. The number of benzene rings is 4. The fourth-order valence-electron chi connectivity index (χ4n) is 7.72. The summed E-state index contributed by atoms with van der Waals surface area (Å²) >= 11 is 8.41. The molecular weight excluding hydrogens is 1010 g/mol. The van der Waals surface area contributed by atoms with Crippen LogP contribution in [0.2, 0.25) is 0 Å². The summed E-state index contributed by atoms with van der Waals surface area (Å²) in [5, 5.41) is 60.1. The summed E-state index contributed by atoms with van der Waals surface area (Å²) in [6.07, 6.45) is -2.63. The highest BCUT2D eigenvalue weighted by Crippen LogP contribution is 2.18. The molecule has 0 spiro atoms. The number of hydrogen-bond acceptors (Lipinski definition) is 16. The first-order chi connectivity index (χ1) is 35.6. The number of primary amides is 1. The van der Waals surface area contributed by atoms with Crippen molar-refractivity contribution in [2.75, 3.05) is 18.1 Å². The van der Waals surface area contributed by atoms with Crippen LogP contribution < -0.4 is 54.4 Å². The van der Waals surface area contributed by atoms with E-state index >= 15 is 0 Å². The van der Waals surface area contributed by atoms with E-state index in [-0.39, 0.29) is 61.7 Å². The predicted molar refractivity (Wildman–Crippen MR) is 286 cm³/mol. The van der Waals surface area contributed by atoms with Crippen LogP contribution in [0.15, 0.2) is 91.0 Å². The van der Waals surface area contributed by atoms with Crippen LogP contribution in [0.4, 0.5) is 0 Å². The van der Waals surface area contributed by atoms with Crippen molar-refractivity contribution < 1.29 is 58.8 Å². The molecular formula is C51H68N10O12S2. The number of carbonyl (C=O) groups is 8. The lowest BCUT2D eigenvalue weighted by Gasteiger charge is -2.28. The lowest BCUT2D eigenvalue weighted by Crippen LogP contribution is -2.62. The Labute approximate surface area is 444 Å². The maximum atomic E-state index is 14.5. The molecule has 8 amide bonds. The Hall–Kier alpha value is -6.96. The molecule has 4 rings (SSSR count). The van der Waals surface area contributed by atoms with Crippen molar-refractivity contribution in [2.24, 2.45) is 17.2 Å². The molecule has 406 valence electrons. The van der Waals surface area contributed by atoms with Gasteiger partial charge >= 0.3 is 0 Å². The van der Waals surface area contributed by atoms with Gasteiger partial charge in [-0.2, -0.15) is 25.3 Å². The third kappa shape index (κ3) is 19.0. The molecule has 22 nitrogen and oxygen atoms in total. The first-order valence-corrected chi connectivity index (χ1v) is 25.4. The maximum Gasteiger partial charge on any atom is 0.245 e. The van der Waals surface area contributed by atoms with E-state index in [4.69, 9.17) is 17.2 Å². The number of phenolic OH excluding ortho intramolecular Hbond substituents is 2. The highest BCUT2D eigenvalue weighted by molar-refractivity contribution is 7.80. The van der Waals surface area contributed by atoms with Crippen molar-refractivity contribution in [3.8, 4) is 11.5 Å². The smallest absolute Gasteiger partial charge is 0.245 e. The topological polar surface area (TPSA) is 380 Å². The van der Waals surface area contributed by atoms with Gasteiger partial charge in [-0.05, 0) is 97.8 Å². The SMILES string of the molecule is C[C@@H](O)[C@H](NC(=O)[C@H](CS)NC(=O)[C@@H](NC(=O)[C@H](CCCCN)NC(=O)[C@@H](Cc1ccc(O)cc1)NC(=O)[C@H](Cc1ccc(O)cc1)NC(=O)[C@H](CS)NC(=O)[C@H](N)Cc1ccc2ccccc2c1)[C@@H](C)O)C(N)=O. The number of unbranched alkanes of at least 4 members (excludes halogenated alkanes) is 1. The number of hydrogen-bond donors (Lipinski definition) is 16. The Kier molecular flexibility index (Phi) is 24.1. The Balaban J connectivity index is 1.58. The van der Waals surface area contributed by atoms with Crippen LogP contribution in [-0.2, 0) is 57.6 Å². The first-order valence-electron chi connectivity index (χ1n) is 24.1. The molecule has 0 saturated carbocycles. The Morgan fingerprint density at radius 3 is 1.39 bits per heavy atom. The van der Waals surface area contributed by atoms with Gasteiger partial charge in [0.1, 0.15) is 53.8 Å². The second-order valence-electron chi connectivity index (χ2n) is 18.0. The number of aromatic hydroxyl groups is 2. The van der Waals surface area contributed by atoms with Gasteiger partial charge in [-0.15, -0.1) is 0 Å². The number of aliphatic hydroxyl groups is 2. The predicted octanol–water partition coefficient (Wildman–Crippen LogP) is -1.76. The van der Waals surface area contributed by atoms with E-state index in [9.17, 15) is 58.8 Å². The molecule has 4 aromatic carbocycles. The molecule has 0 aromatic heterocycles. The average Bonchev–Trinajstić information content (AvgIpc) is 3.37. The summed E-state index contributed by atoms with van der Waals surface area (Å²) in [5.41, 5.74) is 19.0. The number of rotatable bonds is 29. The van der Waals surface area contributed by atoms with E-state index in [1.54, 1.807) is 0 Å². The molecule has 0 unspecified atom stereocenters. The Bertz CT molecular complexity index is 2590. The van der Waals surface area contributed by atoms with Gasteiger partial charge in [0.2, 0.25) is 47.3 Å². The number of nitrogens with two attached hydrogens (primary N) is 3. The number of thiol groups is 2. The summed E-state index contributed by atoms with van der Waals surface area (Å²) in [6, 6.07) is 13.4. The van der Waals surface area contributed by atoms with E-state index in [1.807, 2.05) is 42.5 Å². The normalized spacial score (nSPS) is 15.2. The van der Waals surface area contributed by atoms with Gasteiger partial charge in [0.25, 0.3) is 0 Å². The summed E-state index contributed by atoms with van der Waals surface area (Å²) in [6.45, 7) is 2.61. The zero-order valence-corrected chi connectivity index (χ0v) is 43.3. The van der Waals surface area contributed by atoms with Gasteiger partial charge < -0.3 is 74.8 Å². The van der Waals surface area contributed by atoms with Gasteiger partial charge in [-0.1, -0.05) is 66.7 Å². The standard InChI is InChI=1S/C51H68N10O12S2/c1-27(62)42(44(54)66)60-50(72)41(26-75)59-51(73)43(28(2)63)61-46(68)37(9-5-6-20-52)55-47(69)38(23-29-11-16-34(64)17-12-29)56-48(70)39(24-30-13-18-35(65)19-14-30)57-49(71)40(25-74)58-45(67)36(53)22-31-10-15-32-7-3-4-8-33(32)21-31/h3-4,7-8,10-19,21,27-28,36-43,62-65,74-75H,5-6,9,20,22-26,52-53H2,1-2H3,(H2,54,66)(H,55,69)(H,56,70)(H,57,71)(H,58,67)(H,59,73)(H,60,72)(H,61,68)/t27-,28-,36-,37+,38-,39+,40+,41+,42+,43+/m1/s1. The van der Waals surface area contributed by atoms with Gasteiger partial charge in [0, 0.05) is 24.3 Å². The molecule has 0 radical (unpaired) electrons. The molecule has 24 heteroatoms. The molecule has 0 saturated heterocycles. The molecule has 0 bridgehead atoms. The van der Waals surface area contributed by atoms with E-state index in [1.165, 1.54) is 62.4 Å². The van der Waals surface area contributed by atoms with E-state index in [2.05, 4.69) is 62.5 Å². The van der Waals surface area contributed by atoms with E-state index in [0.29, 0.717) is 17.5 Å². The van der Waals surface area contributed by atoms with Crippen LogP contribution in [0.1, 0.15) is 49.8 Å². The lowest BCUT2D eigenvalue weighted by atomic mass is 10.0. The van der Waals surface area contributed by atoms with Crippen LogP contribution in [0.5, 0.6) is 11.5 Å². The van der Waals surface area contributed by atoms with E-state index in [0.717, 1.165) is 16.3 Å². The molecule has 0 aliphatic heterocycles. The zero-order chi connectivity index (χ0) is 55.4. The number of carbonyl (C=O) groups excluding carboxylic acids is 8. The molecule has 0 aliphatic carbocycles. The van der Waals surface area contributed by atoms with Crippen molar-refractivity contribution in [2.45, 2.75) is 113 Å². The second-order valence-corrected chi connectivity index (χ2v) is 18.8. The summed E-state index contributed by atoms with van der Waals surface area (Å²) in [7, 11) is 0. The van der Waals surface area contributed by atoms with Crippen molar-refractivity contribution in [1.82, 2.24) is 37.2 Å². The molecule has 10 atom stereocenters. The number of nitrogens with one attached hydrogen (secondary N) is 7.